The van der Waals surface area contributed by atoms with Gasteiger partial charge in [0.2, 0.25) is 5.91 Å². The lowest BCUT2D eigenvalue weighted by molar-refractivity contribution is -0.134. The molecule has 1 saturated heterocycles. The monoisotopic (exact) mass is 515 g/mol. The second-order valence-electron chi connectivity index (χ2n) is 9.77. The van der Waals surface area contributed by atoms with Gasteiger partial charge >= 0.3 is 6.09 Å². The maximum atomic E-state index is 13.8. The zero-order valence-corrected chi connectivity index (χ0v) is 22.0. The number of hydrogen-bond acceptors (Lipinski definition) is 5. The van der Waals surface area contributed by atoms with Crippen LogP contribution in [0, 0.1) is 0 Å². The fourth-order valence-corrected chi connectivity index (χ4v) is 5.02. The van der Waals surface area contributed by atoms with E-state index >= 15 is 0 Å². The summed E-state index contributed by atoms with van der Waals surface area (Å²) >= 11 is 0. The number of benzene rings is 3. The Morgan fingerprint density at radius 3 is 2.24 bits per heavy atom. The van der Waals surface area contributed by atoms with E-state index in [-0.39, 0.29) is 18.1 Å². The summed E-state index contributed by atoms with van der Waals surface area (Å²) in [7, 11) is 0. The maximum Gasteiger partial charge on any atom is 0.412 e. The Labute approximate surface area is 224 Å². The number of hydrogen-bond donors (Lipinski definition) is 3. The number of unbranched alkanes of at least 4 members (excludes halogenated alkanes) is 1. The molecule has 2 amide bonds. The minimum Gasteiger partial charge on any atom is -0.410 e. The molecule has 7 nitrogen and oxygen atoms in total. The molecular weight excluding hydrogens is 478 g/mol. The minimum absolute atomic E-state index is 0.168. The fraction of sp³-hybridized carbons (Fsp3) is 0.355. The van der Waals surface area contributed by atoms with Crippen molar-refractivity contribution in [3.8, 4) is 5.75 Å². The third-order valence-electron chi connectivity index (χ3n) is 7.07. The van der Waals surface area contributed by atoms with Crippen molar-refractivity contribution in [1.82, 2.24) is 15.5 Å². The molecule has 4 rings (SSSR count). The number of rotatable bonds is 11. The Balaban J connectivity index is 1.56. The Kier molecular flexibility index (Phi) is 9.51. The molecule has 1 aliphatic rings. The summed E-state index contributed by atoms with van der Waals surface area (Å²) in [6.07, 6.45) is 0.978. The van der Waals surface area contributed by atoms with Crippen LogP contribution in [0.15, 0.2) is 91.0 Å². The number of nitrogens with zero attached hydrogens (tertiary/aromatic N) is 1. The molecule has 1 unspecified atom stereocenters. The number of carbonyl (C=O) groups excluding carboxylic acids is 2. The highest BCUT2D eigenvalue weighted by Gasteiger charge is 2.46. The molecular formula is C31H37N3O4. The van der Waals surface area contributed by atoms with Gasteiger partial charge in [-0.2, -0.15) is 0 Å². The van der Waals surface area contributed by atoms with Crippen molar-refractivity contribution >= 4 is 12.0 Å². The van der Waals surface area contributed by atoms with E-state index in [1.807, 2.05) is 78.6 Å². The molecule has 1 aliphatic heterocycles. The first-order chi connectivity index (χ1) is 18.5. The van der Waals surface area contributed by atoms with Gasteiger partial charge in [-0.3, -0.25) is 10.1 Å². The van der Waals surface area contributed by atoms with E-state index in [1.54, 1.807) is 24.3 Å². The maximum absolute atomic E-state index is 13.8. The molecule has 200 valence electrons. The predicted octanol–water partition coefficient (Wildman–Crippen LogP) is 4.83. The van der Waals surface area contributed by atoms with Crippen LogP contribution in [-0.2, 0) is 11.2 Å². The van der Waals surface area contributed by atoms with Crippen molar-refractivity contribution in [3.05, 3.63) is 102 Å². The van der Waals surface area contributed by atoms with Crippen LogP contribution < -0.4 is 15.4 Å². The zero-order chi connectivity index (χ0) is 26.9. The van der Waals surface area contributed by atoms with E-state index in [1.165, 1.54) is 0 Å². The standard InChI is InChI=1S/C31H37N3O4/c1-3-4-20-27-33-28(30(36)34(27)22(2)24-16-10-6-11-17-24)29(35)26(21-23-14-8-5-9-15-23)32-31(37)38-25-18-12-7-13-19-25/h5-19,22,26-29,33,35H,3-4,20-21H2,1-2H3,(H,32,37)/t22-,26-,27?,28-,29-/m0/s1. The van der Waals surface area contributed by atoms with Gasteiger partial charge in [0.15, 0.2) is 0 Å². The van der Waals surface area contributed by atoms with Crippen molar-refractivity contribution in [1.29, 1.82) is 0 Å². The lowest BCUT2D eigenvalue weighted by Gasteiger charge is -2.31. The summed E-state index contributed by atoms with van der Waals surface area (Å²) in [5, 5.41) is 17.8. The minimum atomic E-state index is -1.18. The molecule has 1 heterocycles. The summed E-state index contributed by atoms with van der Waals surface area (Å²) in [5.74, 6) is 0.224. The molecule has 0 bridgehead atoms. The molecule has 0 aliphatic carbocycles. The molecule has 38 heavy (non-hydrogen) atoms. The summed E-state index contributed by atoms with van der Waals surface area (Å²) in [4.78, 5) is 28.5. The second-order valence-corrected chi connectivity index (χ2v) is 9.77. The Hall–Kier alpha value is -3.68. The van der Waals surface area contributed by atoms with Gasteiger partial charge in [0, 0.05) is 0 Å². The van der Waals surface area contributed by atoms with Crippen LogP contribution in [0.25, 0.3) is 0 Å². The normalized spacial score (nSPS) is 19.6. The van der Waals surface area contributed by atoms with Gasteiger partial charge in [0.1, 0.15) is 11.8 Å². The number of carbonyl (C=O) groups is 2. The van der Waals surface area contributed by atoms with E-state index in [2.05, 4.69) is 17.6 Å². The van der Waals surface area contributed by atoms with Crippen molar-refractivity contribution in [2.75, 3.05) is 0 Å². The highest BCUT2D eigenvalue weighted by molar-refractivity contribution is 5.85. The Morgan fingerprint density at radius 2 is 1.61 bits per heavy atom. The molecule has 3 aromatic rings. The van der Waals surface area contributed by atoms with Crippen molar-refractivity contribution in [2.45, 2.75) is 69.9 Å². The van der Waals surface area contributed by atoms with Gasteiger partial charge in [0.05, 0.1) is 24.4 Å². The third kappa shape index (κ3) is 6.79. The second kappa shape index (κ2) is 13.2. The van der Waals surface area contributed by atoms with Crippen molar-refractivity contribution in [2.24, 2.45) is 0 Å². The topological polar surface area (TPSA) is 90.9 Å². The molecule has 3 N–H and O–H groups in total. The van der Waals surface area contributed by atoms with Crippen LogP contribution in [0.2, 0.25) is 0 Å². The van der Waals surface area contributed by atoms with Crippen LogP contribution in [0.5, 0.6) is 5.75 Å². The van der Waals surface area contributed by atoms with Gasteiger partial charge in [0.25, 0.3) is 0 Å². The largest absolute Gasteiger partial charge is 0.412 e. The van der Waals surface area contributed by atoms with Crippen LogP contribution in [0.1, 0.15) is 50.3 Å². The van der Waals surface area contributed by atoms with Crippen molar-refractivity contribution in [3.63, 3.8) is 0 Å². The van der Waals surface area contributed by atoms with E-state index in [4.69, 9.17) is 4.74 Å². The molecule has 3 aromatic carbocycles. The van der Waals surface area contributed by atoms with Gasteiger partial charge in [-0.25, -0.2) is 4.79 Å². The number of nitrogens with one attached hydrogen (secondary N) is 2. The number of para-hydroxylation sites is 1. The van der Waals surface area contributed by atoms with E-state index in [9.17, 15) is 14.7 Å². The molecule has 5 atom stereocenters. The average molecular weight is 516 g/mol. The van der Waals surface area contributed by atoms with Crippen LogP contribution >= 0.6 is 0 Å². The first-order valence-electron chi connectivity index (χ1n) is 13.4. The average Bonchev–Trinajstić information content (AvgIpc) is 3.27. The van der Waals surface area contributed by atoms with Gasteiger partial charge in [-0.1, -0.05) is 98.6 Å². The summed E-state index contributed by atoms with van der Waals surface area (Å²) < 4.78 is 5.44. The number of ether oxygens (including phenoxy) is 1. The smallest absolute Gasteiger partial charge is 0.410 e. The Morgan fingerprint density at radius 1 is 1.00 bits per heavy atom. The number of amides is 2. The molecule has 0 radical (unpaired) electrons. The van der Waals surface area contributed by atoms with Crippen LogP contribution in [0.3, 0.4) is 0 Å². The quantitative estimate of drug-likeness (QED) is 0.341. The van der Waals surface area contributed by atoms with E-state index in [0.29, 0.717) is 12.2 Å². The van der Waals surface area contributed by atoms with Gasteiger partial charge in [-0.05, 0) is 43.0 Å². The highest BCUT2D eigenvalue weighted by Crippen LogP contribution is 2.30. The molecule has 0 saturated carbocycles. The van der Waals surface area contributed by atoms with Gasteiger partial charge < -0.3 is 20.1 Å². The number of aliphatic hydroxyl groups is 1. The SMILES string of the molecule is CCCCC1N[C@@H]([C@@H](O)[C@H](Cc2ccccc2)NC(=O)Oc2ccccc2)C(=O)N1[C@@H](C)c1ccccc1. The highest BCUT2D eigenvalue weighted by atomic mass is 16.6. The predicted molar refractivity (Wildman–Crippen MR) is 147 cm³/mol. The van der Waals surface area contributed by atoms with Crippen LogP contribution in [0.4, 0.5) is 4.79 Å². The fourth-order valence-electron chi connectivity index (χ4n) is 5.02. The number of aliphatic hydroxyl groups excluding tert-OH is 1. The lowest BCUT2D eigenvalue weighted by Crippen LogP contribution is -2.55. The van der Waals surface area contributed by atoms with Crippen molar-refractivity contribution < 1.29 is 19.4 Å². The summed E-state index contributed by atoms with van der Waals surface area (Å²) in [5.41, 5.74) is 1.96. The molecule has 0 spiro atoms. The third-order valence-corrected chi connectivity index (χ3v) is 7.07. The lowest BCUT2D eigenvalue weighted by atomic mass is 9.96. The molecule has 0 aromatic heterocycles. The molecule has 1 fully saturated rings. The first kappa shape index (κ1) is 27.4. The zero-order valence-electron chi connectivity index (χ0n) is 22.0. The summed E-state index contributed by atoms with van der Waals surface area (Å²) in [6, 6.07) is 26.5. The first-order valence-corrected chi connectivity index (χ1v) is 13.4. The van der Waals surface area contributed by atoms with E-state index in [0.717, 1.165) is 30.4 Å². The summed E-state index contributed by atoms with van der Waals surface area (Å²) in [6.45, 7) is 4.13. The van der Waals surface area contributed by atoms with Crippen LogP contribution in [-0.4, -0.2) is 46.4 Å². The van der Waals surface area contributed by atoms with E-state index < -0.39 is 24.3 Å². The molecule has 7 heteroatoms. The van der Waals surface area contributed by atoms with Gasteiger partial charge in [-0.15, -0.1) is 0 Å². The Bertz CT molecular complexity index is 1160.